The van der Waals surface area contributed by atoms with Crippen molar-refractivity contribution in [3.63, 3.8) is 0 Å². The Labute approximate surface area is 161 Å². The predicted molar refractivity (Wildman–Crippen MR) is 108 cm³/mol. The Morgan fingerprint density at radius 1 is 1.00 bits per heavy atom. The molecule has 0 aromatic heterocycles. The van der Waals surface area contributed by atoms with Crippen molar-refractivity contribution in [1.82, 2.24) is 4.90 Å². The fraction of sp³-hybridized carbons (Fsp3) is 0.905. The minimum absolute atomic E-state index is 0.543. The number of hydrogen-bond acceptors (Lipinski definition) is 2. The first-order valence-electron chi connectivity index (χ1n) is 10.3. The summed E-state index contributed by atoms with van der Waals surface area (Å²) in [5.41, 5.74) is -0.547. The summed E-state index contributed by atoms with van der Waals surface area (Å²) in [6.45, 7) is 13.5. The molecule has 2 nitrogen and oxygen atoms in total. The molecule has 2 radical (unpaired) electrons. The fourth-order valence-corrected chi connectivity index (χ4v) is 9.62. The van der Waals surface area contributed by atoms with E-state index in [1.807, 2.05) is 0 Å². The van der Waals surface area contributed by atoms with Crippen LogP contribution in [0.4, 0.5) is 0 Å². The van der Waals surface area contributed by atoms with Gasteiger partial charge in [0.2, 0.25) is 0 Å². The van der Waals surface area contributed by atoms with Gasteiger partial charge in [0.25, 0.3) is 0 Å². The first-order valence-corrected chi connectivity index (χ1v) is 13.2. The molecule has 0 spiro atoms. The van der Waals surface area contributed by atoms with E-state index < -0.39 is 26.7 Å². The van der Waals surface area contributed by atoms with Gasteiger partial charge in [-0.3, -0.25) is 0 Å². The van der Waals surface area contributed by atoms with Crippen LogP contribution in [0, 0.1) is 0 Å². The molecular formula is C21H41NOSn. The van der Waals surface area contributed by atoms with Crippen LogP contribution in [0.5, 0.6) is 0 Å². The zero-order chi connectivity index (χ0) is 18.1. The zero-order valence-electron chi connectivity index (χ0n) is 16.8. The quantitative estimate of drug-likeness (QED) is 0.410. The molecule has 0 unspecified atom stereocenters. The molecular weight excluding hydrogens is 401 g/mol. The summed E-state index contributed by atoms with van der Waals surface area (Å²) in [7, 11) is 2.16. The second-order valence-corrected chi connectivity index (χ2v) is 13.5. The van der Waals surface area contributed by atoms with Crippen LogP contribution < -0.4 is 0 Å². The normalized spacial score (nSPS) is 18.7. The van der Waals surface area contributed by atoms with Crippen molar-refractivity contribution in [2.45, 2.75) is 100 Å². The van der Waals surface area contributed by atoms with Crippen LogP contribution in [0.25, 0.3) is 0 Å². The Morgan fingerprint density at radius 2 is 1.42 bits per heavy atom. The Kier molecular flexibility index (Phi) is 10.5. The number of rotatable bonds is 12. The number of nitrogens with zero attached hydrogens (tertiary/aromatic N) is 1. The SMILES string of the molecule is C=[C]([Sn][C](CCCC)(CCCC)CCCC)C1(O)CCN(C)CC1. The van der Waals surface area contributed by atoms with E-state index in [1.54, 1.807) is 0 Å². The molecule has 3 heteroatoms. The summed E-state index contributed by atoms with van der Waals surface area (Å²) >= 11 is -0.843. The van der Waals surface area contributed by atoms with Crippen molar-refractivity contribution >= 4 is 21.1 Å². The first-order chi connectivity index (χ1) is 11.4. The van der Waals surface area contributed by atoms with Crippen LogP contribution in [-0.2, 0) is 0 Å². The predicted octanol–water partition coefficient (Wildman–Crippen LogP) is 5.39. The van der Waals surface area contributed by atoms with Crippen LogP contribution in [0.2, 0.25) is 3.43 Å². The van der Waals surface area contributed by atoms with E-state index in [1.165, 1.54) is 61.4 Å². The molecule has 1 rings (SSSR count). The molecule has 0 saturated carbocycles. The Balaban J connectivity index is 2.84. The third-order valence-corrected chi connectivity index (χ3v) is 11.7. The average molecular weight is 442 g/mol. The number of likely N-dealkylation sites (tertiary alicyclic amines) is 1. The molecule has 1 saturated heterocycles. The Bertz CT molecular complexity index is 339. The van der Waals surface area contributed by atoms with E-state index >= 15 is 0 Å². The molecule has 1 aliphatic heterocycles. The van der Waals surface area contributed by atoms with Gasteiger partial charge in [0.15, 0.2) is 0 Å². The van der Waals surface area contributed by atoms with Crippen LogP contribution >= 0.6 is 0 Å². The van der Waals surface area contributed by atoms with Crippen LogP contribution in [-0.4, -0.2) is 56.9 Å². The van der Waals surface area contributed by atoms with Gasteiger partial charge in [-0.2, -0.15) is 0 Å². The van der Waals surface area contributed by atoms with Gasteiger partial charge in [-0.15, -0.1) is 0 Å². The molecule has 0 aromatic carbocycles. The van der Waals surface area contributed by atoms with Gasteiger partial charge in [-0.1, -0.05) is 0 Å². The van der Waals surface area contributed by atoms with Crippen LogP contribution in [0.1, 0.15) is 91.4 Å². The molecule has 0 atom stereocenters. The van der Waals surface area contributed by atoms with Crippen LogP contribution in [0.3, 0.4) is 0 Å². The second kappa shape index (κ2) is 11.2. The van der Waals surface area contributed by atoms with Crippen molar-refractivity contribution in [1.29, 1.82) is 0 Å². The van der Waals surface area contributed by atoms with Gasteiger partial charge in [0, 0.05) is 0 Å². The second-order valence-electron chi connectivity index (χ2n) is 8.03. The summed E-state index contributed by atoms with van der Waals surface area (Å²) in [4.78, 5) is 2.34. The van der Waals surface area contributed by atoms with E-state index in [9.17, 15) is 5.11 Å². The summed E-state index contributed by atoms with van der Waals surface area (Å²) in [6, 6.07) is 0. The van der Waals surface area contributed by atoms with Crippen LogP contribution in [0.15, 0.2) is 10.2 Å². The minimum atomic E-state index is -0.843. The number of piperidine rings is 1. The molecule has 0 amide bonds. The molecule has 140 valence electrons. The van der Waals surface area contributed by atoms with Gasteiger partial charge in [-0.25, -0.2) is 0 Å². The standard InChI is InChI=1S/C13H27.C8H14NO.Sn/c1-4-7-10-13(11-8-5-2)12-9-6-3;1-3-8(10)4-6-9(2)7-5-8;/h4-12H2,1-3H3;10H,1,4-7H2,2H3;. The molecule has 0 bridgehead atoms. The Morgan fingerprint density at radius 3 is 1.79 bits per heavy atom. The molecule has 0 aromatic rings. The van der Waals surface area contributed by atoms with Gasteiger partial charge in [-0.05, 0) is 0 Å². The number of aliphatic hydroxyl groups is 1. The molecule has 1 fully saturated rings. The van der Waals surface area contributed by atoms with E-state index in [0.29, 0.717) is 3.43 Å². The average Bonchev–Trinajstić information content (AvgIpc) is 2.58. The maximum absolute atomic E-state index is 11.2. The Hall–Kier alpha value is 0.459. The van der Waals surface area contributed by atoms with Gasteiger partial charge < -0.3 is 0 Å². The van der Waals surface area contributed by atoms with E-state index in [-0.39, 0.29) is 0 Å². The van der Waals surface area contributed by atoms with Crippen molar-refractivity contribution in [2.24, 2.45) is 0 Å². The summed E-state index contributed by atoms with van der Waals surface area (Å²) in [5, 5.41) is 11.2. The van der Waals surface area contributed by atoms with Gasteiger partial charge >= 0.3 is 162 Å². The fourth-order valence-electron chi connectivity index (χ4n) is 3.83. The topological polar surface area (TPSA) is 23.5 Å². The molecule has 24 heavy (non-hydrogen) atoms. The first kappa shape index (κ1) is 22.5. The van der Waals surface area contributed by atoms with Gasteiger partial charge in [0.1, 0.15) is 0 Å². The third kappa shape index (κ3) is 6.99. The zero-order valence-corrected chi connectivity index (χ0v) is 19.6. The number of hydrogen-bond donors (Lipinski definition) is 1. The summed E-state index contributed by atoms with van der Waals surface area (Å²) in [6.07, 6.45) is 13.9. The van der Waals surface area contributed by atoms with Crippen molar-refractivity contribution in [3.05, 3.63) is 10.2 Å². The molecule has 1 N–H and O–H groups in total. The maximum atomic E-state index is 11.2. The molecule has 1 heterocycles. The van der Waals surface area contributed by atoms with E-state index in [0.717, 1.165) is 25.9 Å². The summed E-state index contributed by atoms with van der Waals surface area (Å²) in [5.74, 6) is 0. The van der Waals surface area contributed by atoms with Crippen molar-refractivity contribution < 1.29 is 5.11 Å². The van der Waals surface area contributed by atoms with Crippen molar-refractivity contribution in [2.75, 3.05) is 20.1 Å². The molecule has 0 aliphatic carbocycles. The monoisotopic (exact) mass is 443 g/mol. The summed E-state index contributed by atoms with van der Waals surface area (Å²) < 4.78 is 1.84. The van der Waals surface area contributed by atoms with Gasteiger partial charge in [0.05, 0.1) is 0 Å². The van der Waals surface area contributed by atoms with Crippen molar-refractivity contribution in [3.8, 4) is 0 Å². The molecule has 1 aliphatic rings. The van der Waals surface area contributed by atoms with E-state index in [4.69, 9.17) is 0 Å². The van der Waals surface area contributed by atoms with E-state index in [2.05, 4.69) is 39.3 Å². The number of unbranched alkanes of at least 4 members (excludes halogenated alkanes) is 3. The third-order valence-electron chi connectivity index (χ3n) is 5.82.